The van der Waals surface area contributed by atoms with Crippen molar-refractivity contribution in [2.45, 2.75) is 126 Å². The molecule has 0 nitrogen and oxygen atoms in total. The second-order valence-corrected chi connectivity index (χ2v) is 21.3. The van der Waals surface area contributed by atoms with Crippen molar-refractivity contribution in [1.82, 2.24) is 0 Å². The van der Waals surface area contributed by atoms with Crippen LogP contribution in [0.4, 0.5) is 0 Å². The van der Waals surface area contributed by atoms with Gasteiger partial charge in [0.15, 0.2) is 0 Å². The monoisotopic (exact) mass is 428 g/mol. The standard InChI is InChI=1S/C29H49P/c1-2-3-7-30(8-5-4-6-9-30,28-16-22-10-23(17-28)12-24(11-22)18-28)29-19-25-13-26(20-29)15-27(14-25)21-29/h22-27H,2-21H2,1H3. The van der Waals surface area contributed by atoms with Crippen LogP contribution >= 0.6 is 6.60 Å². The first-order valence-electron chi connectivity index (χ1n) is 14.6. The summed E-state index contributed by atoms with van der Waals surface area (Å²) in [6.45, 7) is 0.744. The van der Waals surface area contributed by atoms with Gasteiger partial charge in [-0.3, -0.25) is 0 Å². The molecule has 0 atom stereocenters. The van der Waals surface area contributed by atoms with E-state index in [1.54, 1.807) is 121 Å². The van der Waals surface area contributed by atoms with Gasteiger partial charge in [0.2, 0.25) is 0 Å². The molecule has 0 unspecified atom stereocenters. The zero-order chi connectivity index (χ0) is 20.1. The minimum atomic E-state index is -1.78. The van der Waals surface area contributed by atoms with E-state index in [0.717, 1.165) is 45.8 Å². The molecule has 1 saturated heterocycles. The third-order valence-electron chi connectivity index (χ3n) is 13.4. The molecule has 0 aromatic carbocycles. The fraction of sp³-hybridized carbons (Fsp3) is 1.00. The quantitative estimate of drug-likeness (QED) is 0.385. The number of rotatable bonds is 5. The molecular formula is C29H49P. The van der Waals surface area contributed by atoms with Crippen LogP contribution in [0.3, 0.4) is 0 Å². The molecule has 0 aromatic heterocycles. The molecule has 1 heteroatoms. The number of hydrogen-bond donors (Lipinski definition) is 0. The van der Waals surface area contributed by atoms with Gasteiger partial charge in [0.25, 0.3) is 0 Å². The van der Waals surface area contributed by atoms with Crippen molar-refractivity contribution in [3.05, 3.63) is 0 Å². The van der Waals surface area contributed by atoms with E-state index in [2.05, 4.69) is 6.92 Å². The summed E-state index contributed by atoms with van der Waals surface area (Å²) in [5.41, 5.74) is 0. The van der Waals surface area contributed by atoms with Gasteiger partial charge in [0, 0.05) is 0 Å². The Morgan fingerprint density at radius 1 is 0.567 bits per heavy atom. The van der Waals surface area contributed by atoms with Crippen molar-refractivity contribution in [3.63, 3.8) is 0 Å². The number of unbranched alkanes of at least 4 members (excludes halogenated alkanes) is 1. The Morgan fingerprint density at radius 2 is 0.933 bits per heavy atom. The van der Waals surface area contributed by atoms with Gasteiger partial charge < -0.3 is 0 Å². The van der Waals surface area contributed by atoms with E-state index < -0.39 is 6.60 Å². The Bertz CT molecular complexity index is 579. The molecule has 9 fully saturated rings. The van der Waals surface area contributed by atoms with Gasteiger partial charge in [0.05, 0.1) is 0 Å². The van der Waals surface area contributed by atoms with E-state index in [1.165, 1.54) is 6.42 Å². The van der Waals surface area contributed by atoms with E-state index >= 15 is 0 Å². The van der Waals surface area contributed by atoms with Crippen molar-refractivity contribution in [2.75, 3.05) is 18.5 Å². The van der Waals surface area contributed by atoms with Gasteiger partial charge in [0.1, 0.15) is 0 Å². The fourth-order valence-corrected chi connectivity index (χ4v) is 25.5. The molecule has 9 aliphatic rings. The summed E-state index contributed by atoms with van der Waals surface area (Å²) in [7, 11) is 0. The van der Waals surface area contributed by atoms with Crippen LogP contribution in [0, 0.1) is 35.5 Å². The van der Waals surface area contributed by atoms with Gasteiger partial charge >= 0.3 is 187 Å². The first kappa shape index (κ1) is 19.9. The summed E-state index contributed by atoms with van der Waals surface area (Å²) in [6, 6.07) is 0. The maximum atomic E-state index is 2.52. The molecule has 30 heavy (non-hydrogen) atoms. The SMILES string of the molecule is CCCCP1(C23CC4CC(CC(C4)C2)C3)(C23CC4CC(CC(C4)C2)C3)CCCCC1. The van der Waals surface area contributed by atoms with Crippen molar-refractivity contribution in [3.8, 4) is 0 Å². The van der Waals surface area contributed by atoms with Crippen molar-refractivity contribution in [1.29, 1.82) is 0 Å². The van der Waals surface area contributed by atoms with Crippen LogP contribution in [0.1, 0.15) is 116 Å². The first-order chi connectivity index (χ1) is 14.6. The molecule has 8 aliphatic carbocycles. The van der Waals surface area contributed by atoms with Gasteiger partial charge in [-0.15, -0.1) is 0 Å². The predicted molar refractivity (Wildman–Crippen MR) is 132 cm³/mol. The summed E-state index contributed by atoms with van der Waals surface area (Å²) in [4.78, 5) is 0. The van der Waals surface area contributed by atoms with Crippen LogP contribution in [0.25, 0.3) is 0 Å². The third-order valence-corrected chi connectivity index (χ3v) is 23.7. The van der Waals surface area contributed by atoms with Crippen molar-refractivity contribution < 1.29 is 0 Å². The Labute approximate surface area is 187 Å². The summed E-state index contributed by atoms with van der Waals surface area (Å²) < 4.78 is 0. The van der Waals surface area contributed by atoms with Crippen molar-refractivity contribution in [2.24, 2.45) is 35.5 Å². The summed E-state index contributed by atoms with van der Waals surface area (Å²) in [6.07, 6.45) is 33.7. The van der Waals surface area contributed by atoms with E-state index in [9.17, 15) is 0 Å². The van der Waals surface area contributed by atoms with Crippen LogP contribution in [0.2, 0.25) is 0 Å². The fourth-order valence-electron chi connectivity index (χ4n) is 13.5. The average Bonchev–Trinajstić information content (AvgIpc) is 2.71. The van der Waals surface area contributed by atoms with Gasteiger partial charge in [-0.05, 0) is 0 Å². The van der Waals surface area contributed by atoms with Gasteiger partial charge in [-0.25, -0.2) is 0 Å². The molecule has 0 aromatic rings. The molecular weight excluding hydrogens is 379 g/mol. The Kier molecular flexibility index (Phi) is 4.31. The van der Waals surface area contributed by atoms with E-state index in [-0.39, 0.29) is 0 Å². The Hall–Kier alpha value is 0.430. The van der Waals surface area contributed by atoms with Crippen LogP contribution in [-0.4, -0.2) is 28.8 Å². The normalized spacial score (nSPS) is 56.0. The molecule has 0 amide bonds. The predicted octanol–water partition coefficient (Wildman–Crippen LogP) is 8.46. The third kappa shape index (κ3) is 2.30. The molecule has 0 N–H and O–H groups in total. The van der Waals surface area contributed by atoms with Gasteiger partial charge in [-0.2, -0.15) is 0 Å². The second kappa shape index (κ2) is 6.51. The average molecular weight is 429 g/mol. The second-order valence-electron chi connectivity index (χ2n) is 14.6. The van der Waals surface area contributed by atoms with Gasteiger partial charge in [-0.1, -0.05) is 0 Å². The van der Waals surface area contributed by atoms with Crippen molar-refractivity contribution >= 4 is 6.60 Å². The molecule has 170 valence electrons. The van der Waals surface area contributed by atoms with E-state index in [4.69, 9.17) is 0 Å². The van der Waals surface area contributed by atoms with Crippen LogP contribution < -0.4 is 0 Å². The maximum absolute atomic E-state index is 2.52. The molecule has 1 heterocycles. The van der Waals surface area contributed by atoms with E-state index in [1.807, 2.05) is 0 Å². The molecule has 8 saturated carbocycles. The van der Waals surface area contributed by atoms with Crippen LogP contribution in [0.5, 0.6) is 0 Å². The molecule has 0 radical (unpaired) electrons. The topological polar surface area (TPSA) is 0 Å². The zero-order valence-corrected chi connectivity index (χ0v) is 20.9. The van der Waals surface area contributed by atoms with Crippen LogP contribution in [0.15, 0.2) is 0 Å². The molecule has 9 rings (SSSR count). The summed E-state index contributed by atoms with van der Waals surface area (Å²) in [5.74, 6) is 6.96. The Balaban J connectivity index is 1.44. The van der Waals surface area contributed by atoms with E-state index in [0.29, 0.717) is 0 Å². The molecule has 0 spiro atoms. The zero-order valence-electron chi connectivity index (χ0n) is 20.1. The minimum absolute atomic E-state index is 0.890. The number of hydrogen-bond acceptors (Lipinski definition) is 0. The molecule has 1 aliphatic heterocycles. The summed E-state index contributed by atoms with van der Waals surface area (Å²) >= 11 is 0. The summed E-state index contributed by atoms with van der Waals surface area (Å²) in [5, 5.41) is 1.78. The molecule has 8 bridgehead atoms. The first-order valence-corrected chi connectivity index (χ1v) is 17.4. The van der Waals surface area contributed by atoms with Crippen LogP contribution in [-0.2, 0) is 0 Å². The Morgan fingerprint density at radius 3 is 1.27 bits per heavy atom.